The van der Waals surface area contributed by atoms with Gasteiger partial charge in [-0.25, -0.2) is 4.98 Å². The molecule has 102 valence electrons. The topological polar surface area (TPSA) is 85.2 Å². The quantitative estimate of drug-likeness (QED) is 0.689. The summed E-state index contributed by atoms with van der Waals surface area (Å²) in [6, 6.07) is 3.57. The van der Waals surface area contributed by atoms with Crippen LogP contribution in [0.1, 0.15) is 5.82 Å². The number of ether oxygens (including phenoxy) is 2. The molecule has 19 heavy (non-hydrogen) atoms. The Morgan fingerprint density at radius 2 is 2.00 bits per heavy atom. The minimum atomic E-state index is 0.622. The number of methoxy groups -OCH3 is 2. The van der Waals surface area contributed by atoms with Gasteiger partial charge in [0.25, 0.3) is 0 Å². The fourth-order valence-corrected chi connectivity index (χ4v) is 1.80. The molecule has 0 aliphatic rings. The van der Waals surface area contributed by atoms with Crippen LogP contribution in [-0.4, -0.2) is 30.7 Å². The Labute approximate surface area is 111 Å². The number of hydrogen-bond donors (Lipinski definition) is 3. The zero-order valence-electron chi connectivity index (χ0n) is 11.1. The number of benzene rings is 1. The standard InChI is InChI=1S/C13H18N4O2/c1-18-11-7-9(14)10(8-12(11)19-2)15-4-3-13-16-5-6-17-13/h5-8,15H,3-4,14H2,1-2H3,(H,16,17). The molecule has 1 heterocycles. The van der Waals surface area contributed by atoms with Gasteiger partial charge in [-0.15, -0.1) is 0 Å². The maximum atomic E-state index is 5.96. The SMILES string of the molecule is COc1cc(N)c(NCCc2ncc[nH]2)cc1OC. The summed E-state index contributed by atoms with van der Waals surface area (Å²) in [6.45, 7) is 0.729. The molecule has 6 heteroatoms. The average Bonchev–Trinajstić information content (AvgIpc) is 2.93. The lowest BCUT2D eigenvalue weighted by molar-refractivity contribution is 0.355. The van der Waals surface area contributed by atoms with Gasteiger partial charge in [0.2, 0.25) is 0 Å². The summed E-state index contributed by atoms with van der Waals surface area (Å²) in [5.74, 6) is 2.21. The number of aromatic nitrogens is 2. The molecule has 0 atom stereocenters. The Morgan fingerprint density at radius 3 is 2.63 bits per heavy atom. The maximum absolute atomic E-state index is 5.96. The lowest BCUT2D eigenvalue weighted by Crippen LogP contribution is -2.08. The number of nitrogen functional groups attached to an aromatic ring is 1. The first-order chi connectivity index (χ1) is 9.24. The average molecular weight is 262 g/mol. The second-order valence-electron chi connectivity index (χ2n) is 4.01. The minimum absolute atomic E-state index is 0.622. The molecule has 0 radical (unpaired) electrons. The van der Waals surface area contributed by atoms with Crippen LogP contribution in [0.3, 0.4) is 0 Å². The first-order valence-electron chi connectivity index (χ1n) is 5.98. The van der Waals surface area contributed by atoms with Crippen molar-refractivity contribution >= 4 is 11.4 Å². The van der Waals surface area contributed by atoms with Crippen LogP contribution >= 0.6 is 0 Å². The molecule has 2 aromatic rings. The number of nitrogens with two attached hydrogens (primary N) is 1. The summed E-state index contributed by atoms with van der Waals surface area (Å²) in [5.41, 5.74) is 7.40. The summed E-state index contributed by atoms with van der Waals surface area (Å²) in [7, 11) is 3.18. The van der Waals surface area contributed by atoms with Crippen molar-refractivity contribution in [2.75, 3.05) is 31.8 Å². The molecule has 0 bridgehead atoms. The fourth-order valence-electron chi connectivity index (χ4n) is 1.80. The zero-order chi connectivity index (χ0) is 13.7. The highest BCUT2D eigenvalue weighted by Gasteiger charge is 2.08. The van der Waals surface area contributed by atoms with E-state index < -0.39 is 0 Å². The molecule has 0 aliphatic carbocycles. The Kier molecular flexibility index (Phi) is 4.12. The van der Waals surface area contributed by atoms with Gasteiger partial charge in [-0.1, -0.05) is 0 Å². The van der Waals surface area contributed by atoms with Crippen molar-refractivity contribution in [3.8, 4) is 11.5 Å². The first-order valence-corrected chi connectivity index (χ1v) is 5.98. The van der Waals surface area contributed by atoms with Crippen molar-refractivity contribution in [3.63, 3.8) is 0 Å². The fraction of sp³-hybridized carbons (Fsp3) is 0.308. The highest BCUT2D eigenvalue weighted by atomic mass is 16.5. The Hall–Kier alpha value is -2.37. The van der Waals surface area contributed by atoms with Crippen molar-refractivity contribution in [1.29, 1.82) is 0 Å². The van der Waals surface area contributed by atoms with Gasteiger partial charge in [0.15, 0.2) is 11.5 Å². The number of hydrogen-bond acceptors (Lipinski definition) is 5. The summed E-state index contributed by atoms with van der Waals surface area (Å²) in [4.78, 5) is 7.21. The van der Waals surface area contributed by atoms with Crippen LogP contribution in [0.25, 0.3) is 0 Å². The second kappa shape index (κ2) is 5.99. The number of H-pyrrole nitrogens is 1. The van der Waals surface area contributed by atoms with Gasteiger partial charge in [0, 0.05) is 37.5 Å². The predicted octanol–water partition coefficient (Wildman–Crippen LogP) is 1.66. The number of imidazole rings is 1. The maximum Gasteiger partial charge on any atom is 0.162 e. The van der Waals surface area contributed by atoms with Gasteiger partial charge >= 0.3 is 0 Å². The van der Waals surface area contributed by atoms with Crippen LogP contribution in [0.4, 0.5) is 11.4 Å². The number of rotatable bonds is 6. The van der Waals surface area contributed by atoms with Crippen LogP contribution in [-0.2, 0) is 6.42 Å². The summed E-state index contributed by atoms with van der Waals surface area (Å²) in [5, 5.41) is 3.26. The third kappa shape index (κ3) is 3.09. The molecule has 1 aromatic heterocycles. The second-order valence-corrected chi connectivity index (χ2v) is 4.01. The molecule has 0 amide bonds. The van der Waals surface area contributed by atoms with Gasteiger partial charge in [-0.05, 0) is 0 Å². The normalized spacial score (nSPS) is 10.2. The molecule has 0 saturated heterocycles. The molecule has 0 unspecified atom stereocenters. The Morgan fingerprint density at radius 1 is 1.26 bits per heavy atom. The van der Waals surface area contributed by atoms with E-state index in [1.54, 1.807) is 32.7 Å². The predicted molar refractivity (Wildman–Crippen MR) is 74.7 cm³/mol. The van der Waals surface area contributed by atoms with Gasteiger partial charge in [-0.3, -0.25) is 0 Å². The van der Waals surface area contributed by atoms with Crippen molar-refractivity contribution in [3.05, 3.63) is 30.4 Å². The largest absolute Gasteiger partial charge is 0.493 e. The lowest BCUT2D eigenvalue weighted by Gasteiger charge is -2.13. The van der Waals surface area contributed by atoms with Crippen LogP contribution in [0, 0.1) is 0 Å². The third-order valence-corrected chi connectivity index (χ3v) is 2.79. The van der Waals surface area contributed by atoms with E-state index in [1.165, 1.54) is 0 Å². The molecule has 2 rings (SSSR count). The van der Waals surface area contributed by atoms with E-state index in [4.69, 9.17) is 15.2 Å². The highest BCUT2D eigenvalue weighted by molar-refractivity contribution is 5.72. The van der Waals surface area contributed by atoms with Gasteiger partial charge in [0.1, 0.15) is 5.82 Å². The molecule has 1 aromatic carbocycles. The number of nitrogens with zero attached hydrogens (tertiary/aromatic N) is 1. The van der Waals surface area contributed by atoms with E-state index in [9.17, 15) is 0 Å². The van der Waals surface area contributed by atoms with Crippen LogP contribution < -0.4 is 20.5 Å². The molecular formula is C13H18N4O2. The molecule has 6 nitrogen and oxygen atoms in total. The molecule has 4 N–H and O–H groups in total. The van der Waals surface area contributed by atoms with Gasteiger partial charge in [0.05, 0.1) is 25.6 Å². The van der Waals surface area contributed by atoms with E-state index in [1.807, 2.05) is 6.07 Å². The van der Waals surface area contributed by atoms with Gasteiger partial charge in [-0.2, -0.15) is 0 Å². The summed E-state index contributed by atoms with van der Waals surface area (Å²) < 4.78 is 10.4. The van der Waals surface area contributed by atoms with Crippen molar-refractivity contribution in [1.82, 2.24) is 9.97 Å². The summed E-state index contributed by atoms with van der Waals surface area (Å²) in [6.07, 6.45) is 4.33. The molecule has 0 aliphatic heterocycles. The van der Waals surface area contributed by atoms with Crippen LogP contribution in [0.2, 0.25) is 0 Å². The molecule has 0 saturated carbocycles. The monoisotopic (exact) mass is 262 g/mol. The molecular weight excluding hydrogens is 244 g/mol. The Bertz CT molecular complexity index is 526. The lowest BCUT2D eigenvalue weighted by atomic mass is 10.2. The van der Waals surface area contributed by atoms with Crippen LogP contribution in [0.5, 0.6) is 11.5 Å². The zero-order valence-corrected chi connectivity index (χ0v) is 11.1. The van der Waals surface area contributed by atoms with Crippen molar-refractivity contribution in [2.45, 2.75) is 6.42 Å². The molecule has 0 fully saturated rings. The highest BCUT2D eigenvalue weighted by Crippen LogP contribution is 2.34. The van der Waals surface area contributed by atoms with Crippen molar-refractivity contribution in [2.24, 2.45) is 0 Å². The van der Waals surface area contributed by atoms with E-state index in [2.05, 4.69) is 15.3 Å². The smallest absolute Gasteiger partial charge is 0.162 e. The third-order valence-electron chi connectivity index (χ3n) is 2.79. The van der Waals surface area contributed by atoms with E-state index in [0.29, 0.717) is 17.2 Å². The summed E-state index contributed by atoms with van der Waals surface area (Å²) >= 11 is 0. The first kappa shape index (κ1) is 13.1. The van der Waals surface area contributed by atoms with Crippen LogP contribution in [0.15, 0.2) is 24.5 Å². The van der Waals surface area contributed by atoms with E-state index in [-0.39, 0.29) is 0 Å². The van der Waals surface area contributed by atoms with E-state index in [0.717, 1.165) is 24.5 Å². The van der Waals surface area contributed by atoms with Crippen molar-refractivity contribution < 1.29 is 9.47 Å². The number of anilines is 2. The Balaban J connectivity index is 2.03. The van der Waals surface area contributed by atoms with E-state index >= 15 is 0 Å². The minimum Gasteiger partial charge on any atom is -0.493 e. The van der Waals surface area contributed by atoms with Gasteiger partial charge < -0.3 is 25.5 Å². The number of nitrogens with one attached hydrogen (secondary N) is 2. The molecule has 0 spiro atoms. The number of aromatic amines is 1.